The second-order valence-corrected chi connectivity index (χ2v) is 7.47. The summed E-state index contributed by atoms with van der Waals surface area (Å²) in [6.07, 6.45) is 3.23. The van der Waals surface area contributed by atoms with Gasteiger partial charge in [-0.25, -0.2) is 4.99 Å². The van der Waals surface area contributed by atoms with Crippen molar-refractivity contribution in [2.75, 3.05) is 0 Å². The Morgan fingerprint density at radius 1 is 1.08 bits per heavy atom. The largest absolute Gasteiger partial charge is 0.290 e. The van der Waals surface area contributed by atoms with E-state index in [1.54, 1.807) is 31.2 Å². The molecule has 0 saturated heterocycles. The number of aliphatic imine (C=N–C) groups is 1. The predicted molar refractivity (Wildman–Crippen MR) is 95.9 cm³/mol. The van der Waals surface area contributed by atoms with E-state index in [9.17, 15) is 13.2 Å². The molecule has 0 bridgehead atoms. The van der Waals surface area contributed by atoms with E-state index in [2.05, 4.69) is 9.39 Å². The molecule has 0 unspecified atom stereocenters. The molecule has 1 aromatic rings. The van der Waals surface area contributed by atoms with E-state index in [1.165, 1.54) is 25.1 Å². The summed E-state index contributed by atoms with van der Waals surface area (Å²) in [6.45, 7) is 7.15. The van der Waals surface area contributed by atoms with Gasteiger partial charge in [-0.2, -0.15) is 8.42 Å². The van der Waals surface area contributed by atoms with Crippen molar-refractivity contribution in [1.29, 1.82) is 0 Å². The average Bonchev–Trinajstić information content (AvgIpc) is 2.50. The van der Waals surface area contributed by atoms with Crippen molar-refractivity contribution in [2.24, 2.45) is 15.3 Å². The van der Waals surface area contributed by atoms with Gasteiger partial charge in [0.15, 0.2) is 5.78 Å². The third-order valence-electron chi connectivity index (χ3n) is 3.53. The zero-order valence-electron chi connectivity index (χ0n) is 14.1. The molecule has 0 aliphatic heterocycles. The normalized spacial score (nSPS) is 18.0. The number of benzene rings is 1. The second kappa shape index (κ2) is 7.05. The molecule has 0 heterocycles. The Morgan fingerprint density at radius 2 is 1.71 bits per heavy atom. The Labute approximate surface area is 142 Å². The van der Waals surface area contributed by atoms with Crippen molar-refractivity contribution in [1.82, 2.24) is 0 Å². The van der Waals surface area contributed by atoms with Crippen molar-refractivity contribution < 1.29 is 13.2 Å². The number of carbonyl (C=O) groups is 1. The van der Waals surface area contributed by atoms with Gasteiger partial charge in [0.1, 0.15) is 5.84 Å². The van der Waals surface area contributed by atoms with Gasteiger partial charge in [-0.3, -0.25) is 4.79 Å². The van der Waals surface area contributed by atoms with Gasteiger partial charge in [-0.15, -0.1) is 4.40 Å². The molecule has 0 radical (unpaired) electrons. The fraction of sp³-hybridized carbons (Fsp3) is 0.278. The highest BCUT2D eigenvalue weighted by Gasteiger charge is 2.19. The zero-order valence-corrected chi connectivity index (χ0v) is 15.0. The van der Waals surface area contributed by atoms with Crippen LogP contribution in [0, 0.1) is 5.92 Å². The number of ketones is 1. The maximum atomic E-state index is 12.2. The molecule has 1 aliphatic rings. The Hall–Kier alpha value is -2.34. The van der Waals surface area contributed by atoms with Crippen molar-refractivity contribution in [3.05, 3.63) is 53.6 Å². The van der Waals surface area contributed by atoms with Crippen LogP contribution in [0.4, 0.5) is 0 Å². The molecule has 0 spiro atoms. The quantitative estimate of drug-likeness (QED) is 0.479. The number of allylic oxidation sites excluding steroid dienone is 4. The molecule has 2 rings (SSSR count). The summed E-state index contributed by atoms with van der Waals surface area (Å²) in [4.78, 5) is 16.4. The van der Waals surface area contributed by atoms with E-state index in [-0.39, 0.29) is 22.4 Å². The van der Waals surface area contributed by atoms with E-state index in [0.29, 0.717) is 16.9 Å². The molecule has 126 valence electrons. The van der Waals surface area contributed by atoms with Crippen LogP contribution in [0.25, 0.3) is 0 Å². The molecular formula is C18H20N2O3S. The van der Waals surface area contributed by atoms with Gasteiger partial charge in [-0.1, -0.05) is 32.0 Å². The minimum atomic E-state index is -3.79. The van der Waals surface area contributed by atoms with E-state index in [4.69, 9.17) is 0 Å². The van der Waals surface area contributed by atoms with Gasteiger partial charge in [0, 0.05) is 5.57 Å². The molecule has 0 aromatic heterocycles. The van der Waals surface area contributed by atoms with Crippen molar-refractivity contribution >= 4 is 27.4 Å². The summed E-state index contributed by atoms with van der Waals surface area (Å²) in [5.74, 6) is 0.153. The Kier molecular flexibility index (Phi) is 5.29. The van der Waals surface area contributed by atoms with Gasteiger partial charge in [-0.05, 0) is 49.6 Å². The molecule has 5 nitrogen and oxygen atoms in total. The summed E-state index contributed by atoms with van der Waals surface area (Å²) in [6, 6.07) is 7.99. The maximum absolute atomic E-state index is 12.2. The molecule has 1 aliphatic carbocycles. The van der Waals surface area contributed by atoms with E-state index >= 15 is 0 Å². The zero-order chi connectivity index (χ0) is 17.9. The number of carbonyl (C=O) groups excluding carboxylic acids is 1. The van der Waals surface area contributed by atoms with E-state index in [0.717, 1.165) is 0 Å². The average molecular weight is 344 g/mol. The third kappa shape index (κ3) is 4.14. The highest BCUT2D eigenvalue weighted by Crippen LogP contribution is 2.19. The smallest absolute Gasteiger partial charge is 0.283 e. The summed E-state index contributed by atoms with van der Waals surface area (Å²) in [5, 5.41) is 0. The van der Waals surface area contributed by atoms with Gasteiger partial charge < -0.3 is 0 Å². The van der Waals surface area contributed by atoms with Gasteiger partial charge >= 0.3 is 0 Å². The number of hydrogen-bond donors (Lipinski definition) is 0. The van der Waals surface area contributed by atoms with Gasteiger partial charge in [0.05, 0.1) is 10.6 Å². The van der Waals surface area contributed by atoms with Crippen LogP contribution in [-0.4, -0.2) is 25.7 Å². The molecule has 0 saturated carbocycles. The van der Waals surface area contributed by atoms with Crippen LogP contribution in [-0.2, 0) is 14.8 Å². The molecular weight excluding hydrogens is 324 g/mol. The standard InChI is InChI=1S/C18H20N2O3S/c1-12(2)16-11-17(13(3)10-18(16)21)19-14(4)20-24(22,23)15-8-6-5-7-9-15/h5-12H,1-4H3/b19-17?,20-14-. The molecule has 0 amide bonds. The predicted octanol–water partition coefficient (Wildman–Crippen LogP) is 3.35. The van der Waals surface area contributed by atoms with Crippen molar-refractivity contribution in [3.63, 3.8) is 0 Å². The number of rotatable bonds is 3. The summed E-state index contributed by atoms with van der Waals surface area (Å²) < 4.78 is 28.3. The number of hydrogen-bond acceptors (Lipinski definition) is 3. The molecule has 1 aromatic carbocycles. The third-order valence-corrected chi connectivity index (χ3v) is 4.90. The van der Waals surface area contributed by atoms with Gasteiger partial charge in [0.25, 0.3) is 10.0 Å². The summed E-state index contributed by atoms with van der Waals surface area (Å²) in [5.41, 5.74) is 1.90. The minimum absolute atomic E-state index is 0.0343. The van der Waals surface area contributed by atoms with E-state index < -0.39 is 10.0 Å². The fourth-order valence-corrected chi connectivity index (χ4v) is 3.27. The van der Waals surface area contributed by atoms with Crippen LogP contribution in [0.3, 0.4) is 0 Å². The molecule has 24 heavy (non-hydrogen) atoms. The number of amidine groups is 1. The van der Waals surface area contributed by atoms with Crippen molar-refractivity contribution in [3.8, 4) is 0 Å². The lowest BCUT2D eigenvalue weighted by Crippen LogP contribution is -2.16. The first kappa shape index (κ1) is 18.0. The lowest BCUT2D eigenvalue weighted by atomic mass is 9.90. The SMILES string of the molecule is CC1=CC(=O)C(C(C)C)=CC1=N/C(C)=N\S(=O)(=O)c1ccccc1. The Balaban J connectivity index is 2.40. The first-order valence-corrected chi connectivity index (χ1v) is 9.04. The summed E-state index contributed by atoms with van der Waals surface area (Å²) in [7, 11) is -3.79. The first-order chi connectivity index (χ1) is 11.2. The molecule has 0 atom stereocenters. The van der Waals surface area contributed by atoms with Crippen LogP contribution in [0.5, 0.6) is 0 Å². The number of nitrogens with zero attached hydrogens (tertiary/aromatic N) is 2. The van der Waals surface area contributed by atoms with Crippen LogP contribution in [0.1, 0.15) is 27.7 Å². The lowest BCUT2D eigenvalue weighted by molar-refractivity contribution is -0.111. The van der Waals surface area contributed by atoms with Crippen LogP contribution in [0.2, 0.25) is 0 Å². The highest BCUT2D eigenvalue weighted by molar-refractivity contribution is 7.90. The Morgan fingerprint density at radius 3 is 2.29 bits per heavy atom. The monoisotopic (exact) mass is 344 g/mol. The second-order valence-electron chi connectivity index (χ2n) is 5.87. The molecule has 6 heteroatoms. The van der Waals surface area contributed by atoms with E-state index in [1.807, 2.05) is 13.8 Å². The number of sulfonamides is 1. The fourth-order valence-electron chi connectivity index (χ4n) is 2.27. The minimum Gasteiger partial charge on any atom is -0.290 e. The summed E-state index contributed by atoms with van der Waals surface area (Å²) >= 11 is 0. The molecule has 0 N–H and O–H groups in total. The lowest BCUT2D eigenvalue weighted by Gasteiger charge is -2.15. The van der Waals surface area contributed by atoms with Crippen LogP contribution in [0.15, 0.2) is 67.9 Å². The Bertz CT molecular complexity index is 874. The van der Waals surface area contributed by atoms with Crippen LogP contribution < -0.4 is 0 Å². The topological polar surface area (TPSA) is 75.9 Å². The van der Waals surface area contributed by atoms with Crippen LogP contribution >= 0.6 is 0 Å². The first-order valence-electron chi connectivity index (χ1n) is 7.60. The van der Waals surface area contributed by atoms with Crippen molar-refractivity contribution in [2.45, 2.75) is 32.6 Å². The van der Waals surface area contributed by atoms with Gasteiger partial charge in [0.2, 0.25) is 0 Å². The maximum Gasteiger partial charge on any atom is 0.283 e. The highest BCUT2D eigenvalue weighted by atomic mass is 32.2. The molecule has 0 fully saturated rings.